The third-order valence-electron chi connectivity index (χ3n) is 0.652. The summed E-state index contributed by atoms with van der Waals surface area (Å²) >= 11 is 0. The van der Waals surface area contributed by atoms with E-state index in [0.717, 1.165) is 6.26 Å². The van der Waals surface area contributed by atoms with E-state index in [1.807, 2.05) is 0 Å². The van der Waals surface area contributed by atoms with Crippen LogP contribution in [0.1, 0.15) is 6.92 Å². The van der Waals surface area contributed by atoms with E-state index in [0.29, 0.717) is 0 Å². The maximum absolute atomic E-state index is 9.94. The number of esters is 1. The van der Waals surface area contributed by atoms with E-state index < -0.39 is 0 Å². The summed E-state index contributed by atoms with van der Waals surface area (Å²) in [4.78, 5) is 19.7. The lowest BCUT2D eigenvalue weighted by Gasteiger charge is -1.83. The Kier molecular flexibility index (Phi) is 10.1. The lowest BCUT2D eigenvalue weighted by molar-refractivity contribution is -0.135. The van der Waals surface area contributed by atoms with Crippen LogP contribution in [0.2, 0.25) is 0 Å². The van der Waals surface area contributed by atoms with E-state index in [4.69, 9.17) is 0 Å². The van der Waals surface area contributed by atoms with Gasteiger partial charge in [-0.05, 0) is 12.2 Å². The zero-order valence-electron chi connectivity index (χ0n) is 7.08. The second-order valence-corrected chi connectivity index (χ2v) is 1.59. The van der Waals surface area contributed by atoms with Gasteiger partial charge in [0.25, 0.3) is 0 Å². The van der Waals surface area contributed by atoms with Crippen molar-refractivity contribution in [1.82, 2.24) is 0 Å². The van der Waals surface area contributed by atoms with Crippen LogP contribution >= 0.6 is 0 Å². The number of ether oxygens (including phenoxy) is 1. The second kappa shape index (κ2) is 9.36. The number of carbonyl (C=O) groups excluding carboxylic acids is 2. The average Bonchev–Trinajstić information content (AvgIpc) is 2.04. The summed E-state index contributed by atoms with van der Waals surface area (Å²) in [5, 5.41) is 0. The Morgan fingerprint density at radius 2 is 1.58 bits per heavy atom. The fraction of sp³-hybridized carbons (Fsp3) is 0.111. The van der Waals surface area contributed by atoms with E-state index in [1.165, 1.54) is 19.1 Å². The molecular formula is C9H12O3. The molecule has 0 rings (SSSR count). The Morgan fingerprint density at radius 1 is 1.17 bits per heavy atom. The van der Waals surface area contributed by atoms with Gasteiger partial charge in [-0.2, -0.15) is 0 Å². The minimum absolute atomic E-state index is 0.130. The molecule has 0 unspecified atom stereocenters. The molecule has 3 heteroatoms. The van der Waals surface area contributed by atoms with Gasteiger partial charge in [0, 0.05) is 6.92 Å². The van der Waals surface area contributed by atoms with Gasteiger partial charge in [0.15, 0.2) is 5.78 Å². The molecule has 0 aliphatic heterocycles. The number of hydrogen-bond donors (Lipinski definition) is 0. The zero-order chi connectivity index (χ0) is 9.98. The van der Waals surface area contributed by atoms with E-state index in [2.05, 4.69) is 24.5 Å². The highest BCUT2D eigenvalue weighted by Gasteiger charge is 1.79. The largest absolute Gasteiger partial charge is 0.435 e. The Bertz CT molecular complexity index is 182. The predicted molar refractivity (Wildman–Crippen MR) is 47.4 cm³/mol. The highest BCUT2D eigenvalue weighted by molar-refractivity contribution is 5.98. The summed E-state index contributed by atoms with van der Waals surface area (Å²) in [7, 11) is 0. The van der Waals surface area contributed by atoms with E-state index in [1.54, 1.807) is 0 Å². The first-order valence-electron chi connectivity index (χ1n) is 3.15. The Labute approximate surface area is 72.0 Å². The van der Waals surface area contributed by atoms with Crippen LogP contribution in [-0.2, 0) is 14.3 Å². The summed E-state index contributed by atoms with van der Waals surface area (Å²) in [6.07, 6.45) is 3.53. The van der Waals surface area contributed by atoms with E-state index >= 15 is 0 Å². The van der Waals surface area contributed by atoms with Crippen molar-refractivity contribution in [3.63, 3.8) is 0 Å². The number of ketones is 1. The summed E-state index contributed by atoms with van der Waals surface area (Å²) in [5.74, 6) is -0.458. The van der Waals surface area contributed by atoms with Gasteiger partial charge in [-0.25, -0.2) is 0 Å². The van der Waals surface area contributed by atoms with Crippen LogP contribution < -0.4 is 0 Å². The molecule has 0 atom stereocenters. The van der Waals surface area contributed by atoms with Crippen LogP contribution in [0.4, 0.5) is 0 Å². The lowest BCUT2D eigenvalue weighted by Crippen LogP contribution is -1.87. The van der Waals surface area contributed by atoms with Crippen molar-refractivity contribution in [2.75, 3.05) is 0 Å². The van der Waals surface area contributed by atoms with Gasteiger partial charge < -0.3 is 4.74 Å². The highest BCUT2D eigenvalue weighted by atomic mass is 16.5. The second-order valence-electron chi connectivity index (χ2n) is 1.59. The smallest absolute Gasteiger partial charge is 0.307 e. The monoisotopic (exact) mass is 168 g/mol. The molecule has 0 fully saturated rings. The van der Waals surface area contributed by atoms with Gasteiger partial charge >= 0.3 is 5.97 Å². The molecule has 0 aromatic rings. The maximum Gasteiger partial charge on any atom is 0.307 e. The molecule has 12 heavy (non-hydrogen) atoms. The standard InChI is InChI=1S/C5H6O.C4H6O2/c1-3-5(6)4-2;1-3-6-4(2)5/h3-4H,1-2H2;3H,1H2,2H3. The Morgan fingerprint density at radius 3 is 1.58 bits per heavy atom. The molecule has 0 amide bonds. The van der Waals surface area contributed by atoms with Crippen LogP contribution in [0.5, 0.6) is 0 Å². The van der Waals surface area contributed by atoms with E-state index in [9.17, 15) is 9.59 Å². The maximum atomic E-state index is 9.94. The van der Waals surface area contributed by atoms with Crippen molar-refractivity contribution in [2.24, 2.45) is 0 Å². The quantitative estimate of drug-likeness (QED) is 0.365. The lowest BCUT2D eigenvalue weighted by atomic mass is 10.4. The normalized spacial score (nSPS) is 6.75. The van der Waals surface area contributed by atoms with Crippen LogP contribution in [0.15, 0.2) is 38.2 Å². The number of carbonyl (C=O) groups is 2. The molecule has 0 aromatic carbocycles. The number of hydrogen-bond acceptors (Lipinski definition) is 3. The molecule has 0 aliphatic rings. The predicted octanol–water partition coefficient (Wildman–Crippen LogP) is 1.62. The van der Waals surface area contributed by atoms with Gasteiger partial charge in [0.2, 0.25) is 0 Å². The molecule has 0 bridgehead atoms. The highest BCUT2D eigenvalue weighted by Crippen LogP contribution is 1.70. The van der Waals surface area contributed by atoms with E-state index in [-0.39, 0.29) is 11.8 Å². The fourth-order valence-electron chi connectivity index (χ4n) is 0.201. The molecule has 0 saturated heterocycles. The first kappa shape index (κ1) is 13.0. The minimum atomic E-state index is -0.329. The third kappa shape index (κ3) is 15.8. The number of allylic oxidation sites excluding steroid dienone is 2. The summed E-state index contributed by atoms with van der Waals surface area (Å²) in [5.41, 5.74) is 0. The van der Waals surface area contributed by atoms with Gasteiger partial charge in [-0.3, -0.25) is 9.59 Å². The van der Waals surface area contributed by atoms with Crippen molar-refractivity contribution in [2.45, 2.75) is 6.92 Å². The molecule has 0 aliphatic carbocycles. The van der Waals surface area contributed by atoms with Gasteiger partial charge in [0.1, 0.15) is 0 Å². The van der Waals surface area contributed by atoms with Crippen LogP contribution in [0.3, 0.4) is 0 Å². The van der Waals surface area contributed by atoms with Crippen LogP contribution in [-0.4, -0.2) is 11.8 Å². The van der Waals surface area contributed by atoms with Crippen molar-refractivity contribution in [3.8, 4) is 0 Å². The third-order valence-corrected chi connectivity index (χ3v) is 0.652. The first-order valence-corrected chi connectivity index (χ1v) is 3.15. The molecule has 0 radical (unpaired) electrons. The Hall–Kier alpha value is -1.64. The summed E-state index contributed by atoms with van der Waals surface area (Å²) < 4.78 is 4.17. The molecule has 0 heterocycles. The van der Waals surface area contributed by atoms with Crippen molar-refractivity contribution in [1.29, 1.82) is 0 Å². The van der Waals surface area contributed by atoms with Gasteiger partial charge in [-0.15, -0.1) is 0 Å². The first-order chi connectivity index (χ1) is 5.58. The molecule has 3 nitrogen and oxygen atoms in total. The molecule has 0 N–H and O–H groups in total. The Balaban J connectivity index is 0. The number of rotatable bonds is 3. The summed E-state index contributed by atoms with van der Waals surface area (Å²) in [6.45, 7) is 10.9. The molecular weight excluding hydrogens is 156 g/mol. The molecule has 0 saturated carbocycles. The molecule has 66 valence electrons. The van der Waals surface area contributed by atoms with Crippen LogP contribution in [0.25, 0.3) is 0 Å². The molecule has 0 aromatic heterocycles. The SMILES string of the molecule is C=CC(=O)C=C.C=COC(C)=O. The summed E-state index contributed by atoms with van der Waals surface area (Å²) in [6, 6.07) is 0. The van der Waals surface area contributed by atoms with Gasteiger partial charge in [-0.1, -0.05) is 19.7 Å². The minimum Gasteiger partial charge on any atom is -0.435 e. The topological polar surface area (TPSA) is 43.4 Å². The zero-order valence-corrected chi connectivity index (χ0v) is 7.08. The van der Waals surface area contributed by atoms with Crippen molar-refractivity contribution < 1.29 is 14.3 Å². The molecule has 0 spiro atoms. The van der Waals surface area contributed by atoms with Gasteiger partial charge in [0.05, 0.1) is 6.26 Å². The van der Waals surface area contributed by atoms with Crippen LogP contribution in [0, 0.1) is 0 Å². The van der Waals surface area contributed by atoms with Crippen molar-refractivity contribution in [3.05, 3.63) is 38.2 Å². The fourth-order valence-corrected chi connectivity index (χ4v) is 0.201. The van der Waals surface area contributed by atoms with Crippen molar-refractivity contribution >= 4 is 11.8 Å². The average molecular weight is 168 g/mol.